The van der Waals surface area contributed by atoms with Gasteiger partial charge in [0.2, 0.25) is 17.7 Å². The Hall–Kier alpha value is -3.11. The van der Waals surface area contributed by atoms with Gasteiger partial charge in [-0.2, -0.15) is 0 Å². The molecule has 8 fully saturated rings. The van der Waals surface area contributed by atoms with Gasteiger partial charge in [0.1, 0.15) is 195 Å². The van der Waals surface area contributed by atoms with Crippen molar-refractivity contribution in [3.63, 3.8) is 0 Å². The van der Waals surface area contributed by atoms with Crippen molar-refractivity contribution in [3.05, 3.63) is 0 Å². The molecule has 40 atom stereocenters. The molecule has 44 heteroatoms. The molecule has 0 aliphatic carbocycles. The van der Waals surface area contributed by atoms with Gasteiger partial charge < -0.3 is 204 Å². The third-order valence-electron chi connectivity index (χ3n) is 17.8. The number of nitrogens with one attached hydrogen (secondary N) is 3. The highest BCUT2D eigenvalue weighted by atomic mass is 16.8. The Morgan fingerprint density at radius 2 is 0.561 bits per heavy atom. The molecule has 568 valence electrons. The summed E-state index contributed by atoms with van der Waals surface area (Å²) < 4.78 is 87.4. The van der Waals surface area contributed by atoms with E-state index in [4.69, 9.17) is 71.1 Å². The largest absolute Gasteiger partial charge is 0.394 e. The third kappa shape index (κ3) is 17.6. The Labute approximate surface area is 554 Å². The van der Waals surface area contributed by atoms with Crippen LogP contribution in [0.3, 0.4) is 0 Å². The Morgan fingerprint density at radius 3 is 1.04 bits per heavy atom. The van der Waals surface area contributed by atoms with E-state index in [-0.39, 0.29) is 0 Å². The van der Waals surface area contributed by atoms with Crippen molar-refractivity contribution in [1.29, 1.82) is 0 Å². The summed E-state index contributed by atoms with van der Waals surface area (Å²) in [5.41, 5.74) is 0. The standard InChI is InChI=1S/C54H91N3O41/c1-12(64)55-23-33(74)42(19(8-62)86-47(23)83)94-49-25(57-14(3)66)34(75)43(20(9-63)91-49)95-53-41(82)45(97-54-46(37(78)29(70)18(7-61)90-54)98-48-24(56-13(2)65)32(73)26(67)15(4-58)87-48)31(72)22(93-53)11-85-51-40(81)44(96-52-39(80)36(77)28(69)17(6-60)89-52)30(71)21(92-51)10-84-50-38(79)35(76)27(68)16(5-59)88-50/h15-54,58-63,67-83H,4-11H2,1-3H3,(H,55,64)(H,56,65)(H,57,66)/t15?,16?,17?,18?,19?,20?,21?,22?,23?,24?,25?,26?,27?,28?,29?,30?,31?,32-,33-,34-,35+,36?,37?,38?,39?,40?,41?,42?,43?,44+,45+,46?,47?,48?,49?,50?,51?,52?,53?,54?/m1/s1. The predicted octanol–water partition coefficient (Wildman–Crippen LogP) is -18.0. The van der Waals surface area contributed by atoms with Gasteiger partial charge in [0.25, 0.3) is 0 Å². The van der Waals surface area contributed by atoms with Crippen molar-refractivity contribution in [2.75, 3.05) is 52.9 Å². The molecule has 34 unspecified atom stereocenters. The molecular formula is C54H91N3O41. The lowest BCUT2D eigenvalue weighted by molar-refractivity contribution is -0.396. The normalized spacial score (nSPS) is 49.5. The van der Waals surface area contributed by atoms with E-state index >= 15 is 0 Å². The van der Waals surface area contributed by atoms with Crippen LogP contribution in [-0.2, 0) is 85.4 Å². The quantitative estimate of drug-likeness (QED) is 0.0404. The van der Waals surface area contributed by atoms with Gasteiger partial charge in [-0.25, -0.2) is 0 Å². The molecule has 0 bridgehead atoms. The summed E-state index contributed by atoms with van der Waals surface area (Å²) in [7, 11) is 0. The molecule has 3 amide bonds. The van der Waals surface area contributed by atoms with Crippen molar-refractivity contribution in [2.45, 2.75) is 266 Å². The first kappa shape index (κ1) is 80.6. The van der Waals surface area contributed by atoms with Crippen LogP contribution >= 0.6 is 0 Å². The van der Waals surface area contributed by atoms with E-state index in [2.05, 4.69) is 16.0 Å². The Bertz CT molecular complexity index is 2510. The molecule has 0 aromatic carbocycles. The van der Waals surface area contributed by atoms with Gasteiger partial charge in [0.15, 0.2) is 50.3 Å². The number of aliphatic hydroxyl groups is 23. The zero-order valence-electron chi connectivity index (χ0n) is 52.4. The minimum atomic E-state index is -2.50. The van der Waals surface area contributed by atoms with Gasteiger partial charge in [-0.3, -0.25) is 14.4 Å². The number of rotatable bonds is 25. The maximum atomic E-state index is 12.9. The SMILES string of the molecule is CC(=O)NC1C(O)OC(CO)C(OC2OC(CO)C(OC3OC(COC4OC(COC5OC(CO)C(O)[C@H](O)C5O)C(O)[C@H](OC5OC(CO)C(O)C(O)C5O)C4O)C(O)[C@H](OC4OC(CO)C(O)C(O)C4OC4OC(CO)C(O)[C@H](O)C4NC(C)=O)C3O)[C@H](O)C2NC(C)=O)[C@@H]1O. The van der Waals surface area contributed by atoms with Crippen molar-refractivity contribution in [1.82, 2.24) is 16.0 Å². The van der Waals surface area contributed by atoms with E-state index in [1.165, 1.54) is 0 Å². The Kier molecular flexibility index (Phi) is 28.9. The molecule has 26 N–H and O–H groups in total. The van der Waals surface area contributed by atoms with Crippen molar-refractivity contribution < 1.29 is 203 Å². The highest BCUT2D eigenvalue weighted by Gasteiger charge is 2.59. The summed E-state index contributed by atoms with van der Waals surface area (Å²) in [6.45, 7) is -5.32. The van der Waals surface area contributed by atoms with Crippen LogP contribution in [0, 0.1) is 0 Å². The minimum absolute atomic E-state index is 0.769. The van der Waals surface area contributed by atoms with Gasteiger partial charge in [0.05, 0.1) is 52.9 Å². The van der Waals surface area contributed by atoms with Crippen LogP contribution in [0.1, 0.15) is 20.8 Å². The molecule has 8 rings (SSSR count). The molecule has 98 heavy (non-hydrogen) atoms. The molecule has 0 aromatic rings. The fourth-order valence-corrected chi connectivity index (χ4v) is 12.5. The van der Waals surface area contributed by atoms with Gasteiger partial charge in [0, 0.05) is 20.8 Å². The molecule has 0 saturated carbocycles. The van der Waals surface area contributed by atoms with E-state index in [0.29, 0.717) is 0 Å². The summed E-state index contributed by atoms with van der Waals surface area (Å²) in [6.07, 6.45) is -75.7. The molecule has 8 aliphatic rings. The first-order chi connectivity index (χ1) is 46.3. The fourth-order valence-electron chi connectivity index (χ4n) is 12.5. The maximum Gasteiger partial charge on any atom is 0.217 e. The highest BCUT2D eigenvalue weighted by molar-refractivity contribution is 5.74. The third-order valence-corrected chi connectivity index (χ3v) is 17.8. The molecule has 44 nitrogen and oxygen atoms in total. The van der Waals surface area contributed by atoms with Gasteiger partial charge in [-0.15, -0.1) is 0 Å². The average Bonchev–Trinajstić information content (AvgIpc) is 0.772. The molecule has 8 aliphatic heterocycles. The lowest BCUT2D eigenvalue weighted by Crippen LogP contribution is -2.70. The number of aliphatic hydroxyl groups excluding tert-OH is 23. The second kappa shape index (κ2) is 35.1. The van der Waals surface area contributed by atoms with Crippen LogP contribution in [0.4, 0.5) is 0 Å². The minimum Gasteiger partial charge on any atom is -0.394 e. The van der Waals surface area contributed by atoms with Crippen LogP contribution in [0.25, 0.3) is 0 Å². The monoisotopic (exact) mass is 1440 g/mol. The Balaban J connectivity index is 1.14. The molecule has 0 radical (unpaired) electrons. The number of hydrogen-bond acceptors (Lipinski definition) is 41. The predicted molar refractivity (Wildman–Crippen MR) is 299 cm³/mol. The lowest BCUT2D eigenvalue weighted by atomic mass is 9.94. The summed E-state index contributed by atoms with van der Waals surface area (Å²) >= 11 is 0. The van der Waals surface area contributed by atoms with Crippen LogP contribution in [-0.4, -0.2) is 433 Å². The zero-order valence-corrected chi connectivity index (χ0v) is 52.4. The van der Waals surface area contributed by atoms with E-state index in [9.17, 15) is 132 Å². The number of carbonyl (C=O) groups excluding carboxylic acids is 3. The van der Waals surface area contributed by atoms with E-state index in [0.717, 1.165) is 20.8 Å². The van der Waals surface area contributed by atoms with Crippen molar-refractivity contribution >= 4 is 17.7 Å². The summed E-state index contributed by atoms with van der Waals surface area (Å²) in [5, 5.41) is 259. The molecule has 0 spiro atoms. The number of hydrogen-bond donors (Lipinski definition) is 26. The summed E-state index contributed by atoms with van der Waals surface area (Å²) in [4.78, 5) is 37.4. The average molecular weight is 1440 g/mol. The van der Waals surface area contributed by atoms with Crippen LogP contribution in [0.5, 0.6) is 0 Å². The first-order valence-electron chi connectivity index (χ1n) is 31.1. The molecule has 0 aromatic heterocycles. The van der Waals surface area contributed by atoms with Gasteiger partial charge >= 0.3 is 0 Å². The molecule has 8 heterocycles. The van der Waals surface area contributed by atoms with Gasteiger partial charge in [-0.1, -0.05) is 0 Å². The highest BCUT2D eigenvalue weighted by Crippen LogP contribution is 2.38. The second-order valence-electron chi connectivity index (χ2n) is 24.7. The smallest absolute Gasteiger partial charge is 0.217 e. The molecular weight excluding hydrogens is 1350 g/mol. The lowest BCUT2D eigenvalue weighted by Gasteiger charge is -2.51. The van der Waals surface area contributed by atoms with E-state index in [1.54, 1.807) is 0 Å². The van der Waals surface area contributed by atoms with Crippen molar-refractivity contribution in [3.8, 4) is 0 Å². The van der Waals surface area contributed by atoms with Crippen LogP contribution < -0.4 is 16.0 Å². The number of ether oxygens (including phenoxy) is 15. The second-order valence-corrected chi connectivity index (χ2v) is 24.7. The zero-order chi connectivity index (χ0) is 72.2. The summed E-state index contributed by atoms with van der Waals surface area (Å²) in [5.74, 6) is -2.54. The van der Waals surface area contributed by atoms with E-state index < -0.39 is 316 Å². The van der Waals surface area contributed by atoms with Gasteiger partial charge in [-0.05, 0) is 0 Å². The van der Waals surface area contributed by atoms with E-state index in [1.807, 2.05) is 0 Å². The summed E-state index contributed by atoms with van der Waals surface area (Å²) in [6, 6.07) is -5.26. The molecule has 8 saturated heterocycles. The van der Waals surface area contributed by atoms with Crippen LogP contribution in [0.15, 0.2) is 0 Å². The number of carbonyl (C=O) groups is 3. The fraction of sp³-hybridized carbons (Fsp3) is 0.944. The first-order valence-corrected chi connectivity index (χ1v) is 31.1. The maximum absolute atomic E-state index is 12.9. The van der Waals surface area contributed by atoms with Crippen LogP contribution in [0.2, 0.25) is 0 Å². The topological polar surface area (TPSA) is 691 Å². The Morgan fingerprint density at radius 1 is 0.265 bits per heavy atom. The number of amides is 3. The van der Waals surface area contributed by atoms with Crippen molar-refractivity contribution in [2.24, 2.45) is 0 Å².